The standard InChI is InChI=1S/C19H31N3O3.CH2O2/c1-14-18(15(2)25-21-14)6-7-19(23)20-17-5-3-4-16(12-17)13-22-8-10-24-11-9-22;2-1-3/h16-17H,3-13H2,1-2H3,(H,20,23);1H,(H,2,3)/t16-,17-;/m1./s1. The number of amides is 1. The van der Waals surface area contributed by atoms with Gasteiger partial charge in [0.15, 0.2) is 0 Å². The SMILES string of the molecule is Cc1noc(C)c1CCC(=O)N[C@@H]1CCC[C@@H](CN2CCOCC2)C1.O=CO. The van der Waals surface area contributed by atoms with Crippen molar-refractivity contribution >= 4 is 12.4 Å². The number of hydrogen-bond acceptors (Lipinski definition) is 6. The van der Waals surface area contributed by atoms with Gasteiger partial charge in [-0.05, 0) is 45.4 Å². The number of carboxylic acid groups (broad SMARTS) is 1. The molecule has 2 heterocycles. The Morgan fingerprint density at radius 3 is 2.68 bits per heavy atom. The van der Waals surface area contributed by atoms with Crippen molar-refractivity contribution in [2.24, 2.45) is 5.92 Å². The molecule has 3 rings (SSSR count). The molecule has 28 heavy (non-hydrogen) atoms. The molecule has 0 radical (unpaired) electrons. The Kier molecular flexibility index (Phi) is 9.43. The lowest BCUT2D eigenvalue weighted by Crippen LogP contribution is -2.43. The van der Waals surface area contributed by atoms with Crippen LogP contribution in [0.3, 0.4) is 0 Å². The van der Waals surface area contributed by atoms with E-state index in [0.717, 1.165) is 62.7 Å². The lowest BCUT2D eigenvalue weighted by atomic mass is 9.85. The second-order valence-electron chi connectivity index (χ2n) is 7.62. The molecule has 2 atom stereocenters. The summed E-state index contributed by atoms with van der Waals surface area (Å²) in [4.78, 5) is 23.2. The molecule has 8 nitrogen and oxygen atoms in total. The van der Waals surface area contributed by atoms with Crippen LogP contribution >= 0.6 is 0 Å². The minimum Gasteiger partial charge on any atom is -0.483 e. The topological polar surface area (TPSA) is 105 Å². The third-order valence-electron chi connectivity index (χ3n) is 5.55. The van der Waals surface area contributed by atoms with E-state index in [1.165, 1.54) is 12.8 Å². The highest BCUT2D eigenvalue weighted by Gasteiger charge is 2.25. The molecule has 1 aromatic rings. The first kappa shape index (κ1) is 22.4. The van der Waals surface area contributed by atoms with Gasteiger partial charge in [-0.1, -0.05) is 11.6 Å². The second-order valence-corrected chi connectivity index (χ2v) is 7.62. The highest BCUT2D eigenvalue weighted by atomic mass is 16.5. The van der Waals surface area contributed by atoms with Crippen LogP contribution < -0.4 is 5.32 Å². The molecule has 0 spiro atoms. The molecule has 8 heteroatoms. The summed E-state index contributed by atoms with van der Waals surface area (Å²) in [5.74, 6) is 1.67. The number of nitrogens with zero attached hydrogens (tertiary/aromatic N) is 2. The Labute approximate surface area is 166 Å². The summed E-state index contributed by atoms with van der Waals surface area (Å²) in [6, 6.07) is 0.331. The first-order valence-corrected chi connectivity index (χ1v) is 10.1. The minimum absolute atomic E-state index is 0.150. The molecular formula is C20H33N3O5. The molecule has 1 saturated heterocycles. The second kappa shape index (κ2) is 11.8. The minimum atomic E-state index is -0.250. The van der Waals surface area contributed by atoms with E-state index in [1.54, 1.807) is 0 Å². The van der Waals surface area contributed by atoms with Crippen LogP contribution in [-0.2, 0) is 20.7 Å². The molecular weight excluding hydrogens is 362 g/mol. The number of morpholine rings is 1. The van der Waals surface area contributed by atoms with Gasteiger partial charge >= 0.3 is 0 Å². The maximum Gasteiger partial charge on any atom is 0.290 e. The summed E-state index contributed by atoms with van der Waals surface area (Å²) in [5, 5.41) is 14.1. The van der Waals surface area contributed by atoms with Gasteiger partial charge in [0.25, 0.3) is 6.47 Å². The van der Waals surface area contributed by atoms with Crippen LogP contribution in [-0.4, -0.2) is 66.4 Å². The molecule has 0 bridgehead atoms. The third-order valence-corrected chi connectivity index (χ3v) is 5.55. The molecule has 1 amide bonds. The smallest absolute Gasteiger partial charge is 0.290 e. The van der Waals surface area contributed by atoms with Crippen LogP contribution in [0.1, 0.15) is 49.1 Å². The molecule has 2 fully saturated rings. The summed E-state index contributed by atoms with van der Waals surface area (Å²) in [7, 11) is 0. The van der Waals surface area contributed by atoms with Crippen molar-refractivity contribution in [3.05, 3.63) is 17.0 Å². The Bertz CT molecular complexity index is 593. The Morgan fingerprint density at radius 2 is 2.04 bits per heavy atom. The van der Waals surface area contributed by atoms with Crippen molar-refractivity contribution in [2.75, 3.05) is 32.8 Å². The number of hydrogen-bond donors (Lipinski definition) is 2. The lowest BCUT2D eigenvalue weighted by molar-refractivity contribution is -0.123. The highest BCUT2D eigenvalue weighted by molar-refractivity contribution is 5.76. The zero-order chi connectivity index (χ0) is 20.4. The molecule has 2 aliphatic rings. The van der Waals surface area contributed by atoms with Gasteiger partial charge in [0.1, 0.15) is 5.76 Å². The zero-order valence-corrected chi connectivity index (χ0v) is 17.0. The molecule has 0 aromatic carbocycles. The van der Waals surface area contributed by atoms with E-state index in [2.05, 4.69) is 15.4 Å². The van der Waals surface area contributed by atoms with E-state index in [1.807, 2.05) is 13.8 Å². The molecule has 158 valence electrons. The lowest BCUT2D eigenvalue weighted by Gasteiger charge is -2.35. The Morgan fingerprint density at radius 1 is 1.32 bits per heavy atom. The average molecular weight is 396 g/mol. The monoisotopic (exact) mass is 395 g/mol. The van der Waals surface area contributed by atoms with Crippen molar-refractivity contribution < 1.29 is 24.0 Å². The number of carbonyl (C=O) groups is 2. The zero-order valence-electron chi connectivity index (χ0n) is 17.0. The van der Waals surface area contributed by atoms with E-state index in [4.69, 9.17) is 19.2 Å². The fraction of sp³-hybridized carbons (Fsp3) is 0.750. The number of aryl methyl sites for hydroxylation is 2. The Hall–Kier alpha value is -1.93. The average Bonchev–Trinajstić information content (AvgIpc) is 3.00. The molecule has 2 N–H and O–H groups in total. The summed E-state index contributed by atoms with van der Waals surface area (Å²) in [6.07, 6.45) is 5.92. The molecule has 1 saturated carbocycles. The summed E-state index contributed by atoms with van der Waals surface area (Å²) in [5.41, 5.74) is 1.97. The summed E-state index contributed by atoms with van der Waals surface area (Å²) < 4.78 is 10.6. The number of rotatable bonds is 6. The van der Waals surface area contributed by atoms with E-state index >= 15 is 0 Å². The van der Waals surface area contributed by atoms with E-state index in [9.17, 15) is 4.79 Å². The van der Waals surface area contributed by atoms with Crippen molar-refractivity contribution in [1.82, 2.24) is 15.4 Å². The number of carbonyl (C=O) groups excluding carboxylic acids is 1. The van der Waals surface area contributed by atoms with E-state index in [0.29, 0.717) is 24.8 Å². The molecule has 0 unspecified atom stereocenters. The largest absolute Gasteiger partial charge is 0.483 e. The van der Waals surface area contributed by atoms with Gasteiger partial charge in [0.05, 0.1) is 18.9 Å². The fourth-order valence-electron chi connectivity index (χ4n) is 4.13. The van der Waals surface area contributed by atoms with Gasteiger partial charge in [0.2, 0.25) is 5.91 Å². The van der Waals surface area contributed by atoms with Gasteiger partial charge in [-0.25, -0.2) is 0 Å². The van der Waals surface area contributed by atoms with Crippen LogP contribution in [0, 0.1) is 19.8 Å². The van der Waals surface area contributed by atoms with E-state index < -0.39 is 0 Å². The summed E-state index contributed by atoms with van der Waals surface area (Å²) >= 11 is 0. The molecule has 1 aliphatic carbocycles. The van der Waals surface area contributed by atoms with Crippen molar-refractivity contribution in [1.29, 1.82) is 0 Å². The number of ether oxygens (including phenoxy) is 1. The quantitative estimate of drug-likeness (QED) is 0.709. The molecule has 1 aromatic heterocycles. The predicted octanol–water partition coefficient (Wildman–Crippen LogP) is 1.93. The number of nitrogens with one attached hydrogen (secondary N) is 1. The van der Waals surface area contributed by atoms with Crippen LogP contribution in [0.2, 0.25) is 0 Å². The predicted molar refractivity (Wildman–Crippen MR) is 104 cm³/mol. The van der Waals surface area contributed by atoms with Gasteiger partial charge in [-0.2, -0.15) is 0 Å². The Balaban J connectivity index is 0.000000878. The van der Waals surface area contributed by atoms with E-state index in [-0.39, 0.29) is 12.4 Å². The van der Waals surface area contributed by atoms with Crippen LogP contribution in [0.25, 0.3) is 0 Å². The van der Waals surface area contributed by atoms with Crippen molar-refractivity contribution in [3.8, 4) is 0 Å². The van der Waals surface area contributed by atoms with Gasteiger partial charge < -0.3 is 19.7 Å². The summed E-state index contributed by atoms with van der Waals surface area (Å²) in [6.45, 7) is 8.54. The molecule has 1 aliphatic heterocycles. The van der Waals surface area contributed by atoms with Gasteiger partial charge in [0, 0.05) is 37.7 Å². The van der Waals surface area contributed by atoms with Crippen LogP contribution in [0.5, 0.6) is 0 Å². The van der Waals surface area contributed by atoms with Crippen LogP contribution in [0.4, 0.5) is 0 Å². The normalized spacial score (nSPS) is 22.8. The van der Waals surface area contributed by atoms with Gasteiger partial charge in [-0.15, -0.1) is 0 Å². The maximum atomic E-state index is 12.3. The first-order valence-electron chi connectivity index (χ1n) is 10.1. The van der Waals surface area contributed by atoms with Crippen molar-refractivity contribution in [2.45, 2.75) is 58.4 Å². The highest BCUT2D eigenvalue weighted by Crippen LogP contribution is 2.25. The van der Waals surface area contributed by atoms with Crippen molar-refractivity contribution in [3.63, 3.8) is 0 Å². The first-order chi connectivity index (χ1) is 13.5. The third kappa shape index (κ3) is 7.24. The maximum absolute atomic E-state index is 12.3. The van der Waals surface area contributed by atoms with Crippen LogP contribution in [0.15, 0.2) is 4.52 Å². The van der Waals surface area contributed by atoms with Gasteiger partial charge in [-0.3, -0.25) is 14.5 Å². The number of aromatic nitrogens is 1. The fourth-order valence-corrected chi connectivity index (χ4v) is 4.13.